The highest BCUT2D eigenvalue weighted by atomic mass is 127. The Morgan fingerprint density at radius 3 is 1.88 bits per heavy atom. The van der Waals surface area contributed by atoms with Crippen LogP contribution in [0.3, 0.4) is 0 Å². The van der Waals surface area contributed by atoms with Crippen molar-refractivity contribution in [1.82, 2.24) is 0 Å². The summed E-state index contributed by atoms with van der Waals surface area (Å²) in [5.41, 5.74) is 0. The Morgan fingerprint density at radius 1 is 1.12 bits per heavy atom. The minimum Gasteiger partial charge on any atom is -0.496 e. The third-order valence-electron chi connectivity index (χ3n) is 2.60. The summed E-state index contributed by atoms with van der Waals surface area (Å²) in [6.07, 6.45) is 0. The summed E-state index contributed by atoms with van der Waals surface area (Å²) in [4.78, 5) is 0. The zero-order valence-electron chi connectivity index (χ0n) is 11.1. The van der Waals surface area contributed by atoms with E-state index in [1.165, 1.54) is 5.30 Å². The summed E-state index contributed by atoms with van der Waals surface area (Å²) < 4.78 is 12.1. The van der Waals surface area contributed by atoms with Crippen LogP contribution in [0.5, 0.6) is 11.5 Å². The van der Waals surface area contributed by atoms with Gasteiger partial charge in [0, 0.05) is 4.17 Å². The van der Waals surface area contributed by atoms with E-state index < -0.39 is 0 Å². The molecule has 96 valence electrons. The summed E-state index contributed by atoms with van der Waals surface area (Å²) in [5, 5.41) is 1.49. The van der Waals surface area contributed by atoms with Gasteiger partial charge in [0.25, 0.3) is 0 Å². The lowest BCUT2D eigenvalue weighted by atomic mass is 10.2. The fourth-order valence-electron chi connectivity index (χ4n) is 1.67. The van der Waals surface area contributed by atoms with Crippen LogP contribution in [0.25, 0.3) is 0 Å². The molecule has 0 bridgehead atoms. The van der Waals surface area contributed by atoms with Gasteiger partial charge in [0.2, 0.25) is 0 Å². The van der Waals surface area contributed by atoms with Crippen molar-refractivity contribution >= 4 is 35.8 Å². The van der Waals surface area contributed by atoms with Gasteiger partial charge in [-0.3, -0.25) is 0 Å². The van der Waals surface area contributed by atoms with Gasteiger partial charge in [0.05, 0.1) is 19.5 Å². The quantitative estimate of drug-likeness (QED) is 0.456. The second-order valence-corrected chi connectivity index (χ2v) is 9.66. The Hall–Kier alpha value is -0.0200. The van der Waals surface area contributed by atoms with E-state index in [0.717, 1.165) is 15.7 Å². The molecule has 4 heteroatoms. The zero-order chi connectivity index (χ0) is 13.1. The third-order valence-corrected chi connectivity index (χ3v) is 7.49. The number of hydrogen-bond donors (Lipinski definition) is 0. The van der Waals surface area contributed by atoms with Crippen molar-refractivity contribution in [3.05, 3.63) is 18.2 Å². The van der Waals surface area contributed by atoms with E-state index in [-0.39, 0.29) is 13.1 Å². The summed E-state index contributed by atoms with van der Waals surface area (Å²) in [6.45, 7) is 6.84. The van der Waals surface area contributed by atoms with Gasteiger partial charge in [-0.25, -0.2) is 0 Å². The van der Waals surface area contributed by atoms with Crippen LogP contribution in [0.1, 0.15) is 20.8 Å². The standard InChI is InChI=1S/C13H20IO2P/c1-13(2,3)17(9-14)12-10(15-4)7-6-8-11(12)16-5/h6-8H,9H2,1-5H3. The number of benzene rings is 1. The van der Waals surface area contributed by atoms with Gasteiger partial charge < -0.3 is 9.47 Å². The van der Waals surface area contributed by atoms with Crippen LogP contribution >= 0.6 is 30.5 Å². The number of halogens is 1. The minimum absolute atomic E-state index is 0.248. The largest absolute Gasteiger partial charge is 0.496 e. The van der Waals surface area contributed by atoms with E-state index in [4.69, 9.17) is 9.47 Å². The van der Waals surface area contributed by atoms with E-state index in [1.54, 1.807) is 14.2 Å². The summed E-state index contributed by atoms with van der Waals surface area (Å²) in [5.74, 6) is 1.89. The molecule has 17 heavy (non-hydrogen) atoms. The van der Waals surface area contributed by atoms with Crippen LogP contribution in [0.4, 0.5) is 0 Å². The lowest BCUT2D eigenvalue weighted by Gasteiger charge is -2.32. The first-order chi connectivity index (χ1) is 7.95. The first-order valence-corrected chi connectivity index (χ1v) is 8.55. The van der Waals surface area contributed by atoms with Gasteiger partial charge in [-0.1, -0.05) is 57.4 Å². The molecule has 0 heterocycles. The minimum atomic E-state index is -0.311. The average Bonchev–Trinajstić information content (AvgIpc) is 2.28. The van der Waals surface area contributed by atoms with E-state index in [1.807, 2.05) is 18.2 Å². The molecule has 0 N–H and O–H groups in total. The summed E-state index contributed by atoms with van der Waals surface area (Å²) >= 11 is 2.46. The fraction of sp³-hybridized carbons (Fsp3) is 0.538. The number of ether oxygens (including phenoxy) is 2. The fourth-order valence-corrected chi connectivity index (χ4v) is 7.78. The molecule has 2 nitrogen and oxygen atoms in total. The molecule has 0 amide bonds. The SMILES string of the molecule is COc1cccc(OC)c1P(CI)C(C)(C)C. The van der Waals surface area contributed by atoms with E-state index >= 15 is 0 Å². The Bertz CT molecular complexity index is 352. The van der Waals surface area contributed by atoms with Crippen LogP contribution in [0.15, 0.2) is 18.2 Å². The van der Waals surface area contributed by atoms with Crippen molar-refractivity contribution in [3.63, 3.8) is 0 Å². The molecule has 0 aliphatic heterocycles. The lowest BCUT2D eigenvalue weighted by Crippen LogP contribution is -2.22. The van der Waals surface area contributed by atoms with Gasteiger partial charge in [0.15, 0.2) is 0 Å². The highest BCUT2D eigenvalue weighted by Gasteiger charge is 2.29. The molecule has 0 aromatic heterocycles. The molecule has 1 aromatic carbocycles. The monoisotopic (exact) mass is 366 g/mol. The van der Waals surface area contributed by atoms with Crippen LogP contribution in [0.2, 0.25) is 0 Å². The smallest absolute Gasteiger partial charge is 0.130 e. The molecule has 0 saturated carbocycles. The van der Waals surface area contributed by atoms with Crippen LogP contribution in [0, 0.1) is 0 Å². The Balaban J connectivity index is 3.34. The van der Waals surface area contributed by atoms with E-state index in [0.29, 0.717) is 0 Å². The molecule has 0 radical (unpaired) electrons. The molecule has 0 saturated heterocycles. The van der Waals surface area contributed by atoms with Crippen molar-refractivity contribution in [3.8, 4) is 11.5 Å². The average molecular weight is 366 g/mol. The van der Waals surface area contributed by atoms with Gasteiger partial charge in [-0.2, -0.15) is 0 Å². The Morgan fingerprint density at radius 2 is 1.59 bits per heavy atom. The van der Waals surface area contributed by atoms with E-state index in [9.17, 15) is 0 Å². The predicted molar refractivity (Wildman–Crippen MR) is 84.7 cm³/mol. The zero-order valence-corrected chi connectivity index (χ0v) is 14.1. The van der Waals surface area contributed by atoms with Crippen molar-refractivity contribution in [2.45, 2.75) is 25.9 Å². The Kier molecular flexibility index (Phi) is 5.52. The molecule has 0 spiro atoms. The number of hydrogen-bond acceptors (Lipinski definition) is 2. The van der Waals surface area contributed by atoms with Gasteiger partial charge >= 0.3 is 0 Å². The maximum Gasteiger partial charge on any atom is 0.130 e. The predicted octanol–water partition coefficient (Wildman–Crippen LogP) is 4.00. The number of alkyl halides is 1. The van der Waals surface area contributed by atoms with E-state index in [2.05, 4.69) is 43.4 Å². The van der Waals surface area contributed by atoms with Crippen molar-refractivity contribution in [2.24, 2.45) is 0 Å². The molecule has 0 fully saturated rings. The molecular formula is C13H20IO2P. The lowest BCUT2D eigenvalue weighted by molar-refractivity contribution is 0.400. The van der Waals surface area contributed by atoms with Crippen LogP contribution in [-0.2, 0) is 0 Å². The van der Waals surface area contributed by atoms with Crippen molar-refractivity contribution in [1.29, 1.82) is 0 Å². The second-order valence-electron chi connectivity index (χ2n) is 4.73. The molecule has 1 unspecified atom stereocenters. The number of rotatable bonds is 4. The molecule has 0 aliphatic rings. The molecular weight excluding hydrogens is 346 g/mol. The Labute approximate surface area is 119 Å². The number of methoxy groups -OCH3 is 2. The van der Waals surface area contributed by atoms with Crippen LogP contribution in [-0.4, -0.2) is 23.5 Å². The van der Waals surface area contributed by atoms with Crippen LogP contribution < -0.4 is 14.8 Å². The molecule has 0 aliphatic carbocycles. The maximum absolute atomic E-state index is 5.50. The molecule has 1 aromatic rings. The third kappa shape index (κ3) is 3.47. The summed E-state index contributed by atoms with van der Waals surface area (Å²) in [6, 6.07) is 6.01. The normalized spacial score (nSPS) is 13.3. The topological polar surface area (TPSA) is 18.5 Å². The first-order valence-electron chi connectivity index (χ1n) is 5.50. The summed E-state index contributed by atoms with van der Waals surface area (Å²) in [7, 11) is 3.14. The van der Waals surface area contributed by atoms with Crippen molar-refractivity contribution in [2.75, 3.05) is 18.4 Å². The first kappa shape index (κ1) is 15.0. The molecule has 1 rings (SSSR count). The van der Waals surface area contributed by atoms with Gasteiger partial charge in [-0.15, -0.1) is 0 Å². The second kappa shape index (κ2) is 6.24. The maximum atomic E-state index is 5.50. The highest BCUT2D eigenvalue weighted by molar-refractivity contribution is 14.1. The van der Waals surface area contributed by atoms with Gasteiger partial charge in [-0.05, 0) is 17.3 Å². The molecule has 1 atom stereocenters. The van der Waals surface area contributed by atoms with Crippen molar-refractivity contribution < 1.29 is 9.47 Å². The highest BCUT2D eigenvalue weighted by Crippen LogP contribution is 2.53. The van der Waals surface area contributed by atoms with Gasteiger partial charge in [0.1, 0.15) is 11.5 Å².